The third-order valence-electron chi connectivity index (χ3n) is 6.13. The molecule has 174 valence electrons. The van der Waals surface area contributed by atoms with Gasteiger partial charge in [-0.15, -0.1) is 11.3 Å². The zero-order valence-corrected chi connectivity index (χ0v) is 19.6. The standard InChI is InChI=1S/C25H28N2O5S/c1-30-19-4-2-3-17(13-19)5-6-18(28)14-23-22(16-26)21-8-7-20(15-24(21)33-23)32-25(29)27-9-11-31-12-10-27/h2-4,13,20H,5-12,14-15H2,1H3. The van der Waals surface area contributed by atoms with E-state index in [0.29, 0.717) is 64.0 Å². The van der Waals surface area contributed by atoms with E-state index in [-0.39, 0.29) is 24.4 Å². The van der Waals surface area contributed by atoms with Crippen LogP contribution in [0.4, 0.5) is 4.79 Å². The normalized spacial score (nSPS) is 17.7. The van der Waals surface area contributed by atoms with Gasteiger partial charge in [0.2, 0.25) is 0 Å². The van der Waals surface area contributed by atoms with Crippen LogP contribution in [0, 0.1) is 11.3 Å². The molecule has 0 N–H and O–H groups in total. The summed E-state index contributed by atoms with van der Waals surface area (Å²) in [5, 5.41) is 9.75. The van der Waals surface area contributed by atoms with Crippen molar-refractivity contribution in [2.45, 2.75) is 44.6 Å². The number of nitriles is 1. The molecule has 1 saturated heterocycles. The second-order valence-corrected chi connectivity index (χ2v) is 9.52. The molecule has 1 aromatic heterocycles. The van der Waals surface area contributed by atoms with Gasteiger partial charge in [-0.3, -0.25) is 4.79 Å². The van der Waals surface area contributed by atoms with Gasteiger partial charge in [0.05, 0.1) is 25.9 Å². The molecule has 1 unspecified atom stereocenters. The highest BCUT2D eigenvalue weighted by atomic mass is 32.1. The van der Waals surface area contributed by atoms with E-state index in [1.165, 1.54) is 11.3 Å². The Morgan fingerprint density at radius 3 is 2.88 bits per heavy atom. The first-order valence-electron chi connectivity index (χ1n) is 11.3. The van der Waals surface area contributed by atoms with E-state index < -0.39 is 0 Å². The van der Waals surface area contributed by atoms with Crippen LogP contribution in [0.1, 0.15) is 39.3 Å². The van der Waals surface area contributed by atoms with E-state index in [4.69, 9.17) is 14.2 Å². The number of fused-ring (bicyclic) bond motifs is 1. The lowest BCUT2D eigenvalue weighted by molar-refractivity contribution is -0.118. The number of carbonyl (C=O) groups is 2. The zero-order chi connectivity index (χ0) is 23.2. The van der Waals surface area contributed by atoms with Crippen molar-refractivity contribution < 1.29 is 23.8 Å². The van der Waals surface area contributed by atoms with Crippen LogP contribution in [0.5, 0.6) is 5.75 Å². The number of Topliss-reactive ketones (excluding diaryl/α,β-unsaturated/α-hetero) is 1. The molecule has 1 atom stereocenters. The van der Waals surface area contributed by atoms with E-state index >= 15 is 0 Å². The Bertz CT molecular complexity index is 1050. The molecule has 7 nitrogen and oxygen atoms in total. The van der Waals surface area contributed by atoms with Gasteiger partial charge in [0, 0.05) is 42.1 Å². The molecular formula is C25H28N2O5S. The molecule has 1 aliphatic heterocycles. The Balaban J connectivity index is 1.36. The average molecular weight is 469 g/mol. The minimum atomic E-state index is -0.295. The van der Waals surface area contributed by atoms with Crippen LogP contribution >= 0.6 is 11.3 Å². The van der Waals surface area contributed by atoms with Gasteiger partial charge >= 0.3 is 6.09 Å². The molecule has 2 aromatic rings. The number of aryl methyl sites for hydroxylation is 1. The summed E-state index contributed by atoms with van der Waals surface area (Å²) < 4.78 is 16.3. The van der Waals surface area contributed by atoms with E-state index in [2.05, 4.69) is 6.07 Å². The number of amides is 1. The Hall–Kier alpha value is -2.89. The number of nitrogens with zero attached hydrogens (tertiary/aromatic N) is 2. The third-order valence-corrected chi connectivity index (χ3v) is 7.38. The Morgan fingerprint density at radius 2 is 2.12 bits per heavy atom. The molecule has 2 heterocycles. The fraction of sp³-hybridized carbons (Fsp3) is 0.480. The van der Waals surface area contributed by atoms with Crippen LogP contribution < -0.4 is 4.74 Å². The SMILES string of the molecule is COc1cccc(CCC(=O)Cc2sc3c(c2C#N)CCC(OC(=O)N2CCOCC2)C3)c1. The first kappa shape index (κ1) is 23.3. The summed E-state index contributed by atoms with van der Waals surface area (Å²) in [4.78, 5) is 28.7. The summed E-state index contributed by atoms with van der Waals surface area (Å²) in [7, 11) is 1.63. The molecular weight excluding hydrogens is 440 g/mol. The summed E-state index contributed by atoms with van der Waals surface area (Å²) in [6.07, 6.45) is 2.81. The lowest BCUT2D eigenvalue weighted by Gasteiger charge is -2.29. The fourth-order valence-electron chi connectivity index (χ4n) is 4.31. The minimum Gasteiger partial charge on any atom is -0.497 e. The Labute approximate surface area is 197 Å². The topological polar surface area (TPSA) is 88.9 Å². The molecule has 1 aromatic carbocycles. The minimum absolute atomic E-state index is 0.114. The second-order valence-electron chi connectivity index (χ2n) is 8.33. The number of hydrogen-bond acceptors (Lipinski definition) is 7. The number of ketones is 1. The summed E-state index contributed by atoms with van der Waals surface area (Å²) in [6.45, 7) is 2.18. The smallest absolute Gasteiger partial charge is 0.410 e. The van der Waals surface area contributed by atoms with E-state index in [9.17, 15) is 14.9 Å². The number of methoxy groups -OCH3 is 1. The summed E-state index contributed by atoms with van der Waals surface area (Å²) in [5.41, 5.74) is 2.72. The molecule has 1 amide bonds. The van der Waals surface area contributed by atoms with Crippen molar-refractivity contribution >= 4 is 23.2 Å². The Kier molecular flexibility index (Phi) is 7.63. The maximum absolute atomic E-state index is 12.7. The van der Waals surface area contributed by atoms with Gasteiger partial charge in [0.15, 0.2) is 0 Å². The number of thiophene rings is 1. The van der Waals surface area contributed by atoms with Gasteiger partial charge in [-0.05, 0) is 42.5 Å². The van der Waals surface area contributed by atoms with Crippen molar-refractivity contribution in [2.75, 3.05) is 33.4 Å². The lowest BCUT2D eigenvalue weighted by Crippen LogP contribution is -2.42. The second kappa shape index (κ2) is 10.8. The van der Waals surface area contributed by atoms with E-state index in [1.807, 2.05) is 24.3 Å². The highest BCUT2D eigenvalue weighted by molar-refractivity contribution is 7.12. The quantitative estimate of drug-likeness (QED) is 0.616. The van der Waals surface area contributed by atoms with Crippen LogP contribution in [0.15, 0.2) is 24.3 Å². The van der Waals surface area contributed by atoms with Crippen molar-refractivity contribution in [1.29, 1.82) is 5.26 Å². The molecule has 2 aliphatic rings. The highest BCUT2D eigenvalue weighted by Gasteiger charge is 2.30. The summed E-state index contributed by atoms with van der Waals surface area (Å²) in [6, 6.07) is 10.0. The van der Waals surface area contributed by atoms with Gasteiger partial charge in [-0.2, -0.15) is 5.26 Å². The predicted molar refractivity (Wildman–Crippen MR) is 124 cm³/mol. The molecule has 4 rings (SSSR count). The molecule has 8 heteroatoms. The molecule has 1 fully saturated rings. The molecule has 0 radical (unpaired) electrons. The molecule has 0 spiro atoms. The van der Waals surface area contributed by atoms with Gasteiger partial charge in [0.25, 0.3) is 0 Å². The molecule has 0 saturated carbocycles. The van der Waals surface area contributed by atoms with Crippen molar-refractivity contribution in [3.05, 3.63) is 50.7 Å². The van der Waals surface area contributed by atoms with Gasteiger partial charge in [-0.25, -0.2) is 4.79 Å². The van der Waals surface area contributed by atoms with Crippen LogP contribution in [0.2, 0.25) is 0 Å². The fourth-order valence-corrected chi connectivity index (χ4v) is 5.71. The molecule has 33 heavy (non-hydrogen) atoms. The summed E-state index contributed by atoms with van der Waals surface area (Å²) in [5.74, 6) is 0.893. The number of carbonyl (C=O) groups excluding carboxylic acids is 2. The third kappa shape index (κ3) is 5.73. The molecule has 1 aliphatic carbocycles. The monoisotopic (exact) mass is 468 g/mol. The van der Waals surface area contributed by atoms with Crippen LogP contribution in [-0.4, -0.2) is 56.3 Å². The van der Waals surface area contributed by atoms with Crippen LogP contribution in [0.3, 0.4) is 0 Å². The number of hydrogen-bond donors (Lipinski definition) is 0. The maximum atomic E-state index is 12.7. The van der Waals surface area contributed by atoms with Crippen molar-refractivity contribution in [1.82, 2.24) is 4.90 Å². The number of rotatable bonds is 7. The molecule has 0 bridgehead atoms. The van der Waals surface area contributed by atoms with E-state index in [0.717, 1.165) is 26.6 Å². The van der Waals surface area contributed by atoms with Gasteiger partial charge in [-0.1, -0.05) is 12.1 Å². The van der Waals surface area contributed by atoms with E-state index in [1.54, 1.807) is 12.0 Å². The highest BCUT2D eigenvalue weighted by Crippen LogP contribution is 2.35. The van der Waals surface area contributed by atoms with Crippen molar-refractivity contribution in [2.24, 2.45) is 0 Å². The van der Waals surface area contributed by atoms with Crippen molar-refractivity contribution in [3.63, 3.8) is 0 Å². The first-order valence-corrected chi connectivity index (χ1v) is 12.1. The maximum Gasteiger partial charge on any atom is 0.410 e. The van der Waals surface area contributed by atoms with Crippen LogP contribution in [0.25, 0.3) is 0 Å². The predicted octanol–water partition coefficient (Wildman–Crippen LogP) is 3.70. The average Bonchev–Trinajstić information content (AvgIpc) is 3.19. The lowest BCUT2D eigenvalue weighted by atomic mass is 9.92. The summed E-state index contributed by atoms with van der Waals surface area (Å²) >= 11 is 1.52. The number of benzene rings is 1. The van der Waals surface area contributed by atoms with Crippen molar-refractivity contribution in [3.8, 4) is 11.8 Å². The number of ether oxygens (including phenoxy) is 3. The number of morpholine rings is 1. The Morgan fingerprint density at radius 1 is 1.30 bits per heavy atom. The van der Waals surface area contributed by atoms with Gasteiger partial charge < -0.3 is 19.1 Å². The van der Waals surface area contributed by atoms with Crippen LogP contribution in [-0.2, 0) is 40.0 Å². The largest absolute Gasteiger partial charge is 0.497 e. The first-order chi connectivity index (χ1) is 16.1. The van der Waals surface area contributed by atoms with Gasteiger partial charge in [0.1, 0.15) is 23.7 Å². The zero-order valence-electron chi connectivity index (χ0n) is 18.8.